The highest BCUT2D eigenvalue weighted by Crippen LogP contribution is 2.23. The number of hydrogen-bond acceptors (Lipinski definition) is 3. The van der Waals surface area contributed by atoms with Crippen LogP contribution in [0.15, 0.2) is 24.3 Å². The minimum Gasteiger partial charge on any atom is -0.356 e. The predicted octanol–water partition coefficient (Wildman–Crippen LogP) is 2.71. The summed E-state index contributed by atoms with van der Waals surface area (Å²) in [5.41, 5.74) is 2.54. The van der Waals surface area contributed by atoms with Gasteiger partial charge < -0.3 is 15.5 Å². The second kappa shape index (κ2) is 11.5. The first-order chi connectivity index (χ1) is 11.2. The Labute approximate surface area is 152 Å². The van der Waals surface area contributed by atoms with Crippen molar-refractivity contribution >= 4 is 18.3 Å². The number of aryl methyl sites for hydroxylation is 1. The molecular formula is C19H32ClN3O. The van der Waals surface area contributed by atoms with E-state index < -0.39 is 0 Å². The van der Waals surface area contributed by atoms with E-state index in [2.05, 4.69) is 53.6 Å². The Kier molecular flexibility index (Phi) is 9.99. The van der Waals surface area contributed by atoms with E-state index in [0.29, 0.717) is 12.3 Å². The third kappa shape index (κ3) is 7.20. The minimum absolute atomic E-state index is 0. The van der Waals surface area contributed by atoms with Crippen LogP contribution in [0.4, 0.5) is 0 Å². The van der Waals surface area contributed by atoms with Crippen LogP contribution >= 0.6 is 12.4 Å². The number of nitrogens with one attached hydrogen (secondary N) is 2. The Morgan fingerprint density at radius 2 is 1.92 bits per heavy atom. The van der Waals surface area contributed by atoms with Gasteiger partial charge in [0.2, 0.25) is 5.91 Å². The molecule has 1 aliphatic rings. The van der Waals surface area contributed by atoms with Crippen LogP contribution in [0.5, 0.6) is 0 Å². The third-order valence-electron chi connectivity index (χ3n) is 4.66. The summed E-state index contributed by atoms with van der Waals surface area (Å²) in [6.07, 6.45) is 2.62. The van der Waals surface area contributed by atoms with Crippen LogP contribution in [-0.2, 0) is 4.79 Å². The molecule has 2 N–H and O–H groups in total. The second-order valence-electron chi connectivity index (χ2n) is 6.52. The summed E-state index contributed by atoms with van der Waals surface area (Å²) in [5.74, 6) is 0.501. The molecule has 0 aromatic heterocycles. The lowest BCUT2D eigenvalue weighted by Crippen LogP contribution is -2.44. The largest absolute Gasteiger partial charge is 0.356 e. The number of rotatable bonds is 8. The van der Waals surface area contributed by atoms with E-state index in [1.165, 1.54) is 11.1 Å². The zero-order valence-corrected chi connectivity index (χ0v) is 15.8. The molecule has 1 aromatic carbocycles. The number of carbonyl (C=O) groups excluding carboxylic acids is 1. The first-order valence-electron chi connectivity index (χ1n) is 8.95. The van der Waals surface area contributed by atoms with E-state index >= 15 is 0 Å². The molecular weight excluding hydrogens is 322 g/mol. The van der Waals surface area contributed by atoms with Gasteiger partial charge in [-0.3, -0.25) is 4.79 Å². The van der Waals surface area contributed by atoms with E-state index in [4.69, 9.17) is 0 Å². The molecule has 5 heteroatoms. The van der Waals surface area contributed by atoms with Gasteiger partial charge in [-0.2, -0.15) is 0 Å². The number of hydrogen-bond donors (Lipinski definition) is 2. The van der Waals surface area contributed by atoms with Crippen LogP contribution in [-0.4, -0.2) is 50.1 Å². The number of halogens is 1. The highest BCUT2D eigenvalue weighted by molar-refractivity contribution is 5.85. The average molecular weight is 354 g/mol. The van der Waals surface area contributed by atoms with Crippen molar-refractivity contribution in [2.24, 2.45) is 0 Å². The van der Waals surface area contributed by atoms with Gasteiger partial charge in [0.25, 0.3) is 0 Å². The van der Waals surface area contributed by atoms with Crippen molar-refractivity contribution in [2.45, 2.75) is 39.0 Å². The molecule has 136 valence electrons. The van der Waals surface area contributed by atoms with Crippen molar-refractivity contribution < 1.29 is 4.79 Å². The Morgan fingerprint density at radius 1 is 1.25 bits per heavy atom. The lowest BCUT2D eigenvalue weighted by Gasteiger charge is -2.27. The van der Waals surface area contributed by atoms with Crippen LogP contribution < -0.4 is 10.6 Å². The molecule has 1 aliphatic heterocycles. The predicted molar refractivity (Wildman–Crippen MR) is 103 cm³/mol. The molecule has 1 unspecified atom stereocenters. The molecule has 0 spiro atoms. The molecule has 0 bridgehead atoms. The second-order valence-corrected chi connectivity index (χ2v) is 6.52. The molecule has 0 radical (unpaired) electrons. The summed E-state index contributed by atoms with van der Waals surface area (Å²) < 4.78 is 0. The fourth-order valence-corrected chi connectivity index (χ4v) is 3.10. The number of benzene rings is 1. The molecule has 2 rings (SSSR count). The number of amides is 1. The Balaban J connectivity index is 0.00000288. The normalized spacial score (nSPS) is 16.2. The maximum absolute atomic E-state index is 12.2. The highest BCUT2D eigenvalue weighted by Gasteiger charge is 2.14. The molecule has 1 saturated heterocycles. The lowest BCUT2D eigenvalue weighted by atomic mass is 9.92. The summed E-state index contributed by atoms with van der Waals surface area (Å²) in [5, 5.41) is 6.45. The van der Waals surface area contributed by atoms with Gasteiger partial charge in [0, 0.05) is 39.1 Å². The molecule has 1 atom stereocenters. The Morgan fingerprint density at radius 3 is 2.54 bits per heavy atom. The summed E-state index contributed by atoms with van der Waals surface area (Å²) in [6, 6.07) is 8.56. The van der Waals surface area contributed by atoms with Gasteiger partial charge in [0.05, 0.1) is 0 Å². The van der Waals surface area contributed by atoms with Crippen molar-refractivity contribution in [3.63, 3.8) is 0 Å². The molecule has 24 heavy (non-hydrogen) atoms. The van der Waals surface area contributed by atoms with Gasteiger partial charge in [0.1, 0.15) is 0 Å². The molecule has 1 heterocycles. The lowest BCUT2D eigenvalue weighted by molar-refractivity contribution is -0.121. The number of carbonyl (C=O) groups is 1. The smallest absolute Gasteiger partial charge is 0.220 e. The minimum atomic E-state index is 0. The Bertz CT molecular complexity index is 472. The van der Waals surface area contributed by atoms with Crippen molar-refractivity contribution in [3.05, 3.63) is 35.4 Å². The van der Waals surface area contributed by atoms with Crippen molar-refractivity contribution in [1.29, 1.82) is 0 Å². The fourth-order valence-electron chi connectivity index (χ4n) is 3.10. The van der Waals surface area contributed by atoms with Crippen LogP contribution in [0.3, 0.4) is 0 Å². The van der Waals surface area contributed by atoms with Gasteiger partial charge in [0.15, 0.2) is 0 Å². The van der Waals surface area contributed by atoms with E-state index in [9.17, 15) is 4.79 Å². The van der Waals surface area contributed by atoms with Crippen LogP contribution in [0.25, 0.3) is 0 Å². The monoisotopic (exact) mass is 353 g/mol. The van der Waals surface area contributed by atoms with Crippen molar-refractivity contribution in [1.82, 2.24) is 15.5 Å². The Hall–Kier alpha value is -1.10. The molecule has 1 amide bonds. The maximum Gasteiger partial charge on any atom is 0.220 e. The topological polar surface area (TPSA) is 44.4 Å². The molecule has 1 fully saturated rings. The van der Waals surface area contributed by atoms with Gasteiger partial charge >= 0.3 is 0 Å². The molecule has 0 aliphatic carbocycles. The third-order valence-corrected chi connectivity index (χ3v) is 4.66. The first kappa shape index (κ1) is 20.9. The molecule has 4 nitrogen and oxygen atoms in total. The molecule has 1 aromatic rings. The highest BCUT2D eigenvalue weighted by atomic mass is 35.5. The van der Waals surface area contributed by atoms with Gasteiger partial charge in [-0.25, -0.2) is 0 Å². The quantitative estimate of drug-likeness (QED) is 0.706. The number of nitrogens with zero attached hydrogens (tertiary/aromatic N) is 1. The summed E-state index contributed by atoms with van der Waals surface area (Å²) in [4.78, 5) is 14.6. The van der Waals surface area contributed by atoms with Gasteiger partial charge in [-0.05, 0) is 37.8 Å². The zero-order chi connectivity index (χ0) is 16.5. The number of piperazine rings is 1. The van der Waals surface area contributed by atoms with Gasteiger partial charge in [-0.15, -0.1) is 12.4 Å². The van der Waals surface area contributed by atoms with E-state index in [-0.39, 0.29) is 18.3 Å². The summed E-state index contributed by atoms with van der Waals surface area (Å²) in [7, 11) is 0. The molecule has 0 saturated carbocycles. The summed E-state index contributed by atoms with van der Waals surface area (Å²) >= 11 is 0. The maximum atomic E-state index is 12.2. The van der Waals surface area contributed by atoms with Crippen molar-refractivity contribution in [3.8, 4) is 0 Å². The summed E-state index contributed by atoms with van der Waals surface area (Å²) in [6.45, 7) is 10.5. The SMILES string of the molecule is CCC(CC(=O)NCCCN1CCNCC1)c1ccc(C)cc1.Cl. The standard InChI is InChI=1S/C19H31N3O.ClH/c1-3-17(18-7-5-16(2)6-8-18)15-19(23)21-9-4-12-22-13-10-20-11-14-22;/h5-8,17,20H,3-4,9-15H2,1-2H3,(H,21,23);1H. The van der Waals surface area contributed by atoms with Gasteiger partial charge in [-0.1, -0.05) is 36.8 Å². The first-order valence-corrected chi connectivity index (χ1v) is 8.95. The van der Waals surface area contributed by atoms with E-state index in [0.717, 1.165) is 52.1 Å². The fraction of sp³-hybridized carbons (Fsp3) is 0.632. The van der Waals surface area contributed by atoms with E-state index in [1.54, 1.807) is 0 Å². The van der Waals surface area contributed by atoms with E-state index in [1.807, 2.05) is 0 Å². The average Bonchev–Trinajstić information content (AvgIpc) is 2.58. The van der Waals surface area contributed by atoms with Crippen LogP contribution in [0.2, 0.25) is 0 Å². The van der Waals surface area contributed by atoms with Crippen LogP contribution in [0.1, 0.15) is 43.2 Å². The zero-order valence-electron chi connectivity index (χ0n) is 15.0. The van der Waals surface area contributed by atoms with Crippen molar-refractivity contribution in [2.75, 3.05) is 39.3 Å². The van der Waals surface area contributed by atoms with Crippen LogP contribution in [0, 0.1) is 6.92 Å².